The van der Waals surface area contributed by atoms with Crippen LogP contribution in [0.2, 0.25) is 0 Å². The molecule has 19 heavy (non-hydrogen) atoms. The van der Waals surface area contributed by atoms with Crippen LogP contribution in [0.15, 0.2) is 36.9 Å². The molecule has 0 unspecified atom stereocenters. The minimum Gasteiger partial charge on any atom is -0.490 e. The Kier molecular flexibility index (Phi) is 9.57. The molecule has 5 heteroatoms. The second-order valence-corrected chi connectivity index (χ2v) is 3.88. The number of nitrogens with one attached hydrogen (secondary N) is 1. The number of ether oxygens (including phenoxy) is 1. The van der Waals surface area contributed by atoms with Gasteiger partial charge in [0.25, 0.3) is 5.91 Å². The molecule has 106 valence electrons. The van der Waals surface area contributed by atoms with Crippen LogP contribution in [0.4, 0.5) is 0 Å². The van der Waals surface area contributed by atoms with Crippen molar-refractivity contribution in [2.75, 3.05) is 19.7 Å². The summed E-state index contributed by atoms with van der Waals surface area (Å²) in [5.74, 6) is 0.664. The van der Waals surface area contributed by atoms with Gasteiger partial charge in [-0.3, -0.25) is 4.79 Å². The lowest BCUT2D eigenvalue weighted by atomic mass is 10.2. The van der Waals surface area contributed by atoms with Crippen LogP contribution in [0.1, 0.15) is 23.2 Å². The van der Waals surface area contributed by atoms with Crippen LogP contribution in [0.5, 0.6) is 5.75 Å². The Labute approximate surface area is 120 Å². The Morgan fingerprint density at radius 2 is 2.00 bits per heavy atom. The van der Waals surface area contributed by atoms with E-state index in [1.165, 1.54) is 0 Å². The Balaban J connectivity index is 0.00000324. The fourth-order valence-electron chi connectivity index (χ4n) is 1.43. The molecule has 1 amide bonds. The highest BCUT2D eigenvalue weighted by Crippen LogP contribution is 2.12. The molecular weight excluding hydrogens is 264 g/mol. The first-order chi connectivity index (χ1) is 8.77. The van der Waals surface area contributed by atoms with Gasteiger partial charge in [-0.15, -0.1) is 12.4 Å². The summed E-state index contributed by atoms with van der Waals surface area (Å²) in [6, 6.07) is 7.05. The van der Waals surface area contributed by atoms with Gasteiger partial charge in [0.05, 0.1) is 0 Å². The normalized spacial score (nSPS) is 9.32. The first kappa shape index (κ1) is 17.5. The molecule has 0 aliphatic rings. The second kappa shape index (κ2) is 10.4. The minimum absolute atomic E-state index is 0. The van der Waals surface area contributed by atoms with Gasteiger partial charge < -0.3 is 15.8 Å². The summed E-state index contributed by atoms with van der Waals surface area (Å²) in [5.41, 5.74) is 6.01. The summed E-state index contributed by atoms with van der Waals surface area (Å²) in [7, 11) is 0. The summed E-state index contributed by atoms with van der Waals surface area (Å²) in [6.07, 6.45) is 3.51. The summed E-state index contributed by atoms with van der Waals surface area (Å²) in [6.45, 7) is 5.35. The Morgan fingerprint density at radius 3 is 2.58 bits per heavy atom. The summed E-state index contributed by atoms with van der Waals surface area (Å²) in [4.78, 5) is 11.7. The molecule has 0 bridgehead atoms. The predicted octanol–water partition coefficient (Wildman–Crippen LogP) is 2.14. The van der Waals surface area contributed by atoms with Gasteiger partial charge in [0.15, 0.2) is 0 Å². The van der Waals surface area contributed by atoms with Crippen molar-refractivity contribution in [2.24, 2.45) is 5.73 Å². The van der Waals surface area contributed by atoms with Gasteiger partial charge in [0, 0.05) is 12.1 Å². The number of benzene rings is 1. The fraction of sp³-hybridized carbons (Fsp3) is 0.357. The van der Waals surface area contributed by atoms with E-state index in [0.29, 0.717) is 25.3 Å². The quantitative estimate of drug-likeness (QED) is 0.568. The highest BCUT2D eigenvalue weighted by molar-refractivity contribution is 5.94. The maximum absolute atomic E-state index is 11.7. The lowest BCUT2D eigenvalue weighted by Gasteiger charge is -2.06. The second-order valence-electron chi connectivity index (χ2n) is 3.88. The molecule has 0 saturated carbocycles. The van der Waals surface area contributed by atoms with E-state index in [-0.39, 0.29) is 18.3 Å². The Bertz CT molecular complexity index is 380. The van der Waals surface area contributed by atoms with Gasteiger partial charge in [-0.05, 0) is 43.7 Å². The molecule has 1 aromatic rings. The van der Waals surface area contributed by atoms with E-state index >= 15 is 0 Å². The number of amides is 1. The molecule has 0 aliphatic heterocycles. The maximum Gasteiger partial charge on any atom is 0.251 e. The Hall–Kier alpha value is -1.52. The number of carbonyl (C=O) groups is 1. The van der Waals surface area contributed by atoms with Crippen molar-refractivity contribution >= 4 is 18.3 Å². The lowest BCUT2D eigenvalue weighted by Crippen LogP contribution is -2.24. The minimum atomic E-state index is -0.0673. The average molecular weight is 285 g/mol. The third-order valence-corrected chi connectivity index (χ3v) is 2.40. The van der Waals surface area contributed by atoms with E-state index in [2.05, 4.69) is 11.9 Å². The van der Waals surface area contributed by atoms with Gasteiger partial charge >= 0.3 is 0 Å². The number of hydrogen-bond donors (Lipinski definition) is 2. The van der Waals surface area contributed by atoms with E-state index in [1.54, 1.807) is 30.3 Å². The zero-order chi connectivity index (χ0) is 13.2. The van der Waals surface area contributed by atoms with Crippen molar-refractivity contribution in [2.45, 2.75) is 12.8 Å². The van der Waals surface area contributed by atoms with Crippen molar-refractivity contribution in [3.8, 4) is 5.75 Å². The molecule has 3 N–H and O–H groups in total. The molecule has 4 nitrogen and oxygen atoms in total. The lowest BCUT2D eigenvalue weighted by molar-refractivity contribution is 0.0953. The van der Waals surface area contributed by atoms with Gasteiger partial charge in [-0.25, -0.2) is 0 Å². The first-order valence-corrected chi connectivity index (χ1v) is 6.10. The van der Waals surface area contributed by atoms with Gasteiger partial charge in [0.1, 0.15) is 12.4 Å². The largest absolute Gasteiger partial charge is 0.490 e. The third-order valence-electron chi connectivity index (χ3n) is 2.40. The molecule has 0 fully saturated rings. The van der Waals surface area contributed by atoms with Gasteiger partial charge in [0.2, 0.25) is 0 Å². The van der Waals surface area contributed by atoms with Crippen molar-refractivity contribution in [3.63, 3.8) is 0 Å². The molecule has 0 spiro atoms. The molecule has 0 radical (unpaired) electrons. The third kappa shape index (κ3) is 6.84. The standard InChI is InChI=1S/C14H20N2O2.ClH/c1-2-11-18-13-7-5-12(6-8-13)14(17)16-10-4-3-9-15;/h2,5-8H,1,3-4,9-11,15H2,(H,16,17);1H. The number of nitrogens with two attached hydrogens (primary N) is 1. The zero-order valence-corrected chi connectivity index (χ0v) is 11.7. The molecule has 1 rings (SSSR count). The molecule has 1 aromatic carbocycles. The van der Waals surface area contributed by atoms with Crippen LogP contribution >= 0.6 is 12.4 Å². The molecule has 0 heterocycles. The van der Waals surface area contributed by atoms with Crippen LogP contribution in [-0.4, -0.2) is 25.6 Å². The number of halogens is 1. The molecule has 0 saturated heterocycles. The van der Waals surface area contributed by atoms with E-state index in [9.17, 15) is 4.79 Å². The van der Waals surface area contributed by atoms with Crippen molar-refractivity contribution < 1.29 is 9.53 Å². The summed E-state index contributed by atoms with van der Waals surface area (Å²) in [5, 5.41) is 2.84. The van der Waals surface area contributed by atoms with Crippen molar-refractivity contribution in [1.29, 1.82) is 0 Å². The highest BCUT2D eigenvalue weighted by atomic mass is 35.5. The number of hydrogen-bond acceptors (Lipinski definition) is 3. The predicted molar refractivity (Wildman–Crippen MR) is 80.0 cm³/mol. The van der Waals surface area contributed by atoms with E-state index in [0.717, 1.165) is 18.6 Å². The van der Waals surface area contributed by atoms with Crippen molar-refractivity contribution in [1.82, 2.24) is 5.32 Å². The molecule has 0 aliphatic carbocycles. The topological polar surface area (TPSA) is 64.3 Å². The highest BCUT2D eigenvalue weighted by Gasteiger charge is 2.04. The van der Waals surface area contributed by atoms with Crippen LogP contribution < -0.4 is 15.8 Å². The molecule has 0 aromatic heterocycles. The number of carbonyl (C=O) groups excluding carboxylic acids is 1. The number of rotatable bonds is 8. The first-order valence-electron chi connectivity index (χ1n) is 6.10. The van der Waals surface area contributed by atoms with E-state index in [1.807, 2.05) is 0 Å². The fourth-order valence-corrected chi connectivity index (χ4v) is 1.43. The van der Waals surface area contributed by atoms with E-state index < -0.39 is 0 Å². The summed E-state index contributed by atoms with van der Waals surface area (Å²) < 4.78 is 5.34. The van der Waals surface area contributed by atoms with Crippen LogP contribution in [0, 0.1) is 0 Å². The van der Waals surface area contributed by atoms with Crippen LogP contribution in [0.3, 0.4) is 0 Å². The maximum atomic E-state index is 11.7. The number of unbranched alkanes of at least 4 members (excludes halogenated alkanes) is 1. The molecule has 0 atom stereocenters. The van der Waals surface area contributed by atoms with Crippen LogP contribution in [-0.2, 0) is 0 Å². The molecular formula is C14H21ClN2O2. The van der Waals surface area contributed by atoms with Gasteiger partial charge in [-0.2, -0.15) is 0 Å². The zero-order valence-electron chi connectivity index (χ0n) is 10.9. The average Bonchev–Trinajstić information content (AvgIpc) is 2.41. The smallest absolute Gasteiger partial charge is 0.251 e. The SMILES string of the molecule is C=CCOc1ccc(C(=O)NCCCCN)cc1.Cl. The van der Waals surface area contributed by atoms with Crippen LogP contribution in [0.25, 0.3) is 0 Å². The summed E-state index contributed by atoms with van der Waals surface area (Å²) >= 11 is 0. The van der Waals surface area contributed by atoms with Crippen molar-refractivity contribution in [3.05, 3.63) is 42.5 Å². The monoisotopic (exact) mass is 284 g/mol. The van der Waals surface area contributed by atoms with Gasteiger partial charge in [-0.1, -0.05) is 12.7 Å². The Morgan fingerprint density at radius 1 is 1.32 bits per heavy atom. The van der Waals surface area contributed by atoms with E-state index in [4.69, 9.17) is 10.5 Å².